The van der Waals surface area contributed by atoms with E-state index in [2.05, 4.69) is 4.98 Å². The summed E-state index contributed by atoms with van der Waals surface area (Å²) < 4.78 is 10.3. The van der Waals surface area contributed by atoms with Crippen LogP contribution in [0, 0.1) is 0 Å². The third-order valence-corrected chi connectivity index (χ3v) is 2.40. The fraction of sp³-hybridized carbons (Fsp3) is 0.417. The molecule has 1 aliphatic rings. The molecule has 17 heavy (non-hydrogen) atoms. The monoisotopic (exact) mass is 235 g/mol. The number of carbonyl (C=O) groups is 2. The highest BCUT2D eigenvalue weighted by Gasteiger charge is 2.22. The first-order valence-corrected chi connectivity index (χ1v) is 5.60. The SMILES string of the molecule is CCCc1nccc2c1OC(=O)CCC(=O)O2. The molecule has 0 bridgehead atoms. The highest BCUT2D eigenvalue weighted by Crippen LogP contribution is 2.32. The third kappa shape index (κ3) is 2.61. The van der Waals surface area contributed by atoms with Crippen molar-refractivity contribution in [1.82, 2.24) is 4.98 Å². The molecule has 0 saturated carbocycles. The average molecular weight is 235 g/mol. The first-order valence-electron chi connectivity index (χ1n) is 5.60. The number of aryl methyl sites for hydroxylation is 1. The number of hydrogen-bond acceptors (Lipinski definition) is 5. The number of nitrogens with zero attached hydrogens (tertiary/aromatic N) is 1. The van der Waals surface area contributed by atoms with Crippen LogP contribution in [-0.2, 0) is 16.0 Å². The third-order valence-electron chi connectivity index (χ3n) is 2.40. The standard InChI is InChI=1S/C12H13NO4/c1-2-3-8-12-9(6-7-13-8)16-10(14)4-5-11(15)17-12/h6-7H,2-5H2,1H3. The van der Waals surface area contributed by atoms with Crippen molar-refractivity contribution < 1.29 is 19.1 Å². The first-order chi connectivity index (χ1) is 8.20. The molecule has 0 atom stereocenters. The normalized spacial score (nSPS) is 15.4. The number of fused-ring (bicyclic) bond motifs is 1. The number of ether oxygens (including phenoxy) is 2. The van der Waals surface area contributed by atoms with Crippen LogP contribution in [0.25, 0.3) is 0 Å². The Morgan fingerprint density at radius 1 is 1.24 bits per heavy atom. The predicted octanol–water partition coefficient (Wildman–Crippen LogP) is 1.64. The summed E-state index contributed by atoms with van der Waals surface area (Å²) in [6.07, 6.45) is 3.18. The van der Waals surface area contributed by atoms with Gasteiger partial charge >= 0.3 is 11.9 Å². The second-order valence-electron chi connectivity index (χ2n) is 3.78. The second kappa shape index (κ2) is 4.95. The van der Waals surface area contributed by atoms with Crippen LogP contribution in [0.5, 0.6) is 11.5 Å². The van der Waals surface area contributed by atoms with E-state index >= 15 is 0 Å². The lowest BCUT2D eigenvalue weighted by Gasteiger charge is -2.15. The van der Waals surface area contributed by atoms with Gasteiger partial charge in [-0.15, -0.1) is 0 Å². The lowest BCUT2D eigenvalue weighted by Crippen LogP contribution is -2.19. The van der Waals surface area contributed by atoms with Crippen LogP contribution in [0.2, 0.25) is 0 Å². The molecular weight excluding hydrogens is 222 g/mol. The van der Waals surface area contributed by atoms with Gasteiger partial charge in [0.25, 0.3) is 0 Å². The molecule has 2 rings (SSSR count). The Kier molecular flexibility index (Phi) is 3.37. The van der Waals surface area contributed by atoms with Gasteiger partial charge in [0, 0.05) is 12.3 Å². The zero-order chi connectivity index (χ0) is 12.3. The predicted molar refractivity (Wildman–Crippen MR) is 58.7 cm³/mol. The van der Waals surface area contributed by atoms with Gasteiger partial charge in [-0.1, -0.05) is 13.3 Å². The number of esters is 2. The van der Waals surface area contributed by atoms with E-state index < -0.39 is 11.9 Å². The molecule has 0 N–H and O–H groups in total. The maximum Gasteiger partial charge on any atom is 0.311 e. The van der Waals surface area contributed by atoms with Crippen molar-refractivity contribution in [2.24, 2.45) is 0 Å². The molecular formula is C12H13NO4. The largest absolute Gasteiger partial charge is 0.422 e. The number of pyridine rings is 1. The van der Waals surface area contributed by atoms with Crippen molar-refractivity contribution in [1.29, 1.82) is 0 Å². The molecule has 0 unspecified atom stereocenters. The molecule has 1 aliphatic heterocycles. The van der Waals surface area contributed by atoms with E-state index in [0.717, 1.165) is 6.42 Å². The van der Waals surface area contributed by atoms with Gasteiger partial charge in [0.1, 0.15) is 0 Å². The molecule has 90 valence electrons. The Hall–Kier alpha value is -1.91. The molecule has 0 aromatic carbocycles. The Morgan fingerprint density at radius 3 is 2.65 bits per heavy atom. The molecule has 0 fully saturated rings. The Balaban J connectivity index is 2.41. The number of aromatic nitrogens is 1. The molecule has 1 aromatic rings. The van der Waals surface area contributed by atoms with Crippen molar-refractivity contribution in [3.05, 3.63) is 18.0 Å². The van der Waals surface area contributed by atoms with Gasteiger partial charge in [-0.25, -0.2) is 0 Å². The molecule has 0 spiro atoms. The fourth-order valence-electron chi connectivity index (χ4n) is 1.62. The van der Waals surface area contributed by atoms with E-state index in [0.29, 0.717) is 12.1 Å². The lowest BCUT2D eigenvalue weighted by molar-refractivity contribution is -0.142. The van der Waals surface area contributed by atoms with E-state index in [9.17, 15) is 9.59 Å². The molecule has 5 heteroatoms. The molecule has 0 amide bonds. The van der Waals surface area contributed by atoms with Crippen molar-refractivity contribution in [3.63, 3.8) is 0 Å². The number of rotatable bonds is 2. The quantitative estimate of drug-likeness (QED) is 0.729. The van der Waals surface area contributed by atoms with Gasteiger partial charge in [-0.3, -0.25) is 14.6 Å². The van der Waals surface area contributed by atoms with Crippen molar-refractivity contribution in [2.75, 3.05) is 0 Å². The second-order valence-corrected chi connectivity index (χ2v) is 3.78. The molecule has 5 nitrogen and oxygen atoms in total. The smallest absolute Gasteiger partial charge is 0.311 e. The summed E-state index contributed by atoms with van der Waals surface area (Å²) in [7, 11) is 0. The van der Waals surface area contributed by atoms with Crippen LogP contribution < -0.4 is 9.47 Å². The number of carbonyl (C=O) groups excluding carboxylic acids is 2. The Labute approximate surface area is 98.7 Å². The lowest BCUT2D eigenvalue weighted by atomic mass is 10.2. The highest BCUT2D eigenvalue weighted by molar-refractivity contribution is 5.83. The molecule has 1 aromatic heterocycles. The maximum absolute atomic E-state index is 11.4. The number of hydrogen-bond donors (Lipinski definition) is 0. The minimum atomic E-state index is -0.423. The average Bonchev–Trinajstić information content (AvgIpc) is 2.29. The van der Waals surface area contributed by atoms with E-state index in [-0.39, 0.29) is 24.3 Å². The zero-order valence-corrected chi connectivity index (χ0v) is 9.56. The summed E-state index contributed by atoms with van der Waals surface area (Å²) in [5.41, 5.74) is 0.646. The van der Waals surface area contributed by atoms with Crippen LogP contribution >= 0.6 is 0 Å². The topological polar surface area (TPSA) is 65.5 Å². The van der Waals surface area contributed by atoms with Gasteiger partial charge in [-0.05, 0) is 6.42 Å². The Bertz CT molecular complexity index is 456. The summed E-state index contributed by atoms with van der Waals surface area (Å²) in [6, 6.07) is 1.53. The fourth-order valence-corrected chi connectivity index (χ4v) is 1.62. The van der Waals surface area contributed by atoms with Gasteiger partial charge < -0.3 is 9.47 Å². The minimum absolute atomic E-state index is 0.0404. The van der Waals surface area contributed by atoms with Crippen molar-refractivity contribution in [3.8, 4) is 11.5 Å². The summed E-state index contributed by atoms with van der Waals surface area (Å²) in [5, 5.41) is 0. The van der Waals surface area contributed by atoms with Gasteiger partial charge in [0.05, 0.1) is 18.5 Å². The van der Waals surface area contributed by atoms with Gasteiger partial charge in [0.2, 0.25) is 0 Å². The molecule has 0 saturated heterocycles. The first kappa shape index (κ1) is 11.6. The van der Waals surface area contributed by atoms with E-state index in [4.69, 9.17) is 9.47 Å². The van der Waals surface area contributed by atoms with Crippen LogP contribution in [0.3, 0.4) is 0 Å². The molecule has 2 heterocycles. The van der Waals surface area contributed by atoms with Crippen LogP contribution in [0.1, 0.15) is 31.9 Å². The van der Waals surface area contributed by atoms with Crippen LogP contribution in [0.15, 0.2) is 12.3 Å². The van der Waals surface area contributed by atoms with E-state index in [1.165, 1.54) is 6.07 Å². The molecule has 0 radical (unpaired) electrons. The van der Waals surface area contributed by atoms with Crippen LogP contribution in [-0.4, -0.2) is 16.9 Å². The van der Waals surface area contributed by atoms with E-state index in [1.807, 2.05) is 6.92 Å². The minimum Gasteiger partial charge on any atom is -0.422 e. The maximum atomic E-state index is 11.4. The van der Waals surface area contributed by atoms with Crippen molar-refractivity contribution in [2.45, 2.75) is 32.6 Å². The van der Waals surface area contributed by atoms with Gasteiger partial charge in [0.15, 0.2) is 11.5 Å². The van der Waals surface area contributed by atoms with Gasteiger partial charge in [-0.2, -0.15) is 0 Å². The zero-order valence-electron chi connectivity index (χ0n) is 9.56. The van der Waals surface area contributed by atoms with E-state index in [1.54, 1.807) is 6.20 Å². The summed E-state index contributed by atoms with van der Waals surface area (Å²) in [6.45, 7) is 2.00. The Morgan fingerprint density at radius 2 is 1.94 bits per heavy atom. The summed E-state index contributed by atoms with van der Waals surface area (Å²) in [5.74, 6) is -0.279. The van der Waals surface area contributed by atoms with Crippen LogP contribution in [0.4, 0.5) is 0 Å². The summed E-state index contributed by atoms with van der Waals surface area (Å²) in [4.78, 5) is 27.0. The highest BCUT2D eigenvalue weighted by atomic mass is 16.6. The van der Waals surface area contributed by atoms with Crippen molar-refractivity contribution >= 4 is 11.9 Å². The summed E-state index contributed by atoms with van der Waals surface area (Å²) >= 11 is 0. The molecule has 0 aliphatic carbocycles.